The van der Waals surface area contributed by atoms with Gasteiger partial charge in [0, 0.05) is 12.8 Å². The minimum absolute atomic E-state index is 0.0169. The molecule has 3 N–H and O–H groups in total. The summed E-state index contributed by atoms with van der Waals surface area (Å²) in [5.74, 6) is -1.10. The Labute approximate surface area is 352 Å². The van der Waals surface area contributed by atoms with Crippen LogP contribution in [0.15, 0.2) is 60.8 Å². The van der Waals surface area contributed by atoms with Crippen molar-refractivity contribution >= 4 is 19.8 Å². The average molecular weight is 841 g/mol. The number of unbranched alkanes of at least 4 members (excludes halogenated alkanes) is 11. The summed E-state index contributed by atoms with van der Waals surface area (Å²) in [6, 6.07) is 0. The zero-order chi connectivity index (χ0) is 43.2. The molecule has 4 atom stereocenters. The molecule has 1 unspecified atom stereocenters. The normalized spacial score (nSPS) is 15.2. The number of rotatable bonds is 39. The Morgan fingerprint density at radius 3 is 1.74 bits per heavy atom. The Morgan fingerprint density at radius 2 is 1.16 bits per heavy atom. The van der Waals surface area contributed by atoms with Crippen LogP contribution in [-0.4, -0.2) is 97.3 Å². The van der Waals surface area contributed by atoms with Crippen molar-refractivity contribution in [1.29, 1.82) is 0 Å². The number of aliphatic hydroxyl groups excluding tert-OH is 2. The Hall–Kier alpha value is -2.37. The first-order valence-electron chi connectivity index (χ1n) is 22.2. The number of esters is 2. The van der Waals surface area contributed by atoms with E-state index in [-0.39, 0.29) is 38.9 Å². The molecular formula is C46H83NO10P+. The minimum Gasteiger partial charge on any atom is -0.462 e. The molecule has 0 fully saturated rings. The van der Waals surface area contributed by atoms with E-state index in [9.17, 15) is 29.3 Å². The first-order chi connectivity index (χ1) is 27.8. The Balaban J connectivity index is 4.61. The number of nitrogens with zero attached hydrogens (tertiary/aromatic N) is 1. The van der Waals surface area contributed by atoms with E-state index in [2.05, 4.69) is 62.5 Å². The average Bonchev–Trinajstić information content (AvgIpc) is 3.17. The summed E-state index contributed by atoms with van der Waals surface area (Å²) in [6.07, 6.45) is 37.3. The highest BCUT2D eigenvalue weighted by molar-refractivity contribution is 7.47. The van der Waals surface area contributed by atoms with E-state index in [1.165, 1.54) is 51.4 Å². The fraction of sp³-hybridized carbons (Fsp3) is 0.739. The number of phosphoric ester groups is 1. The summed E-state index contributed by atoms with van der Waals surface area (Å²) in [4.78, 5) is 35.4. The van der Waals surface area contributed by atoms with Crippen molar-refractivity contribution in [3.63, 3.8) is 0 Å². The molecule has 0 bridgehead atoms. The van der Waals surface area contributed by atoms with Gasteiger partial charge in [0.1, 0.15) is 19.8 Å². The molecule has 0 saturated heterocycles. The molecule has 58 heavy (non-hydrogen) atoms. The lowest BCUT2D eigenvalue weighted by molar-refractivity contribution is -0.870. The molecule has 11 nitrogen and oxygen atoms in total. The van der Waals surface area contributed by atoms with Crippen LogP contribution < -0.4 is 0 Å². The number of phosphoric acid groups is 1. The monoisotopic (exact) mass is 841 g/mol. The van der Waals surface area contributed by atoms with Crippen LogP contribution in [0, 0.1) is 0 Å². The van der Waals surface area contributed by atoms with Crippen LogP contribution in [0.2, 0.25) is 0 Å². The lowest BCUT2D eigenvalue weighted by atomic mass is 10.0. The molecule has 336 valence electrons. The number of allylic oxidation sites excluding steroid dienone is 9. The van der Waals surface area contributed by atoms with Crippen LogP contribution in [0.4, 0.5) is 0 Å². The third kappa shape index (κ3) is 39.1. The summed E-state index contributed by atoms with van der Waals surface area (Å²) >= 11 is 0. The lowest BCUT2D eigenvalue weighted by Crippen LogP contribution is -2.37. The first-order valence-corrected chi connectivity index (χ1v) is 23.7. The molecule has 0 radical (unpaired) electrons. The Kier molecular flexibility index (Phi) is 36.1. The van der Waals surface area contributed by atoms with E-state index in [1.54, 1.807) is 0 Å². The number of hydrogen-bond acceptors (Lipinski definition) is 9. The highest BCUT2D eigenvalue weighted by Gasteiger charge is 2.27. The smallest absolute Gasteiger partial charge is 0.462 e. The molecule has 0 rings (SSSR count). The van der Waals surface area contributed by atoms with Gasteiger partial charge in [-0.15, -0.1) is 0 Å². The van der Waals surface area contributed by atoms with Crippen molar-refractivity contribution in [3.05, 3.63) is 60.8 Å². The molecule has 0 aliphatic carbocycles. The number of ether oxygens (including phenoxy) is 2. The van der Waals surface area contributed by atoms with Gasteiger partial charge in [-0.25, -0.2) is 4.57 Å². The lowest BCUT2D eigenvalue weighted by Gasteiger charge is -2.24. The van der Waals surface area contributed by atoms with E-state index in [4.69, 9.17) is 18.5 Å². The second-order valence-electron chi connectivity index (χ2n) is 16.0. The van der Waals surface area contributed by atoms with Gasteiger partial charge in [-0.05, 0) is 77.0 Å². The number of carbonyl (C=O) groups excluding carboxylic acids is 2. The van der Waals surface area contributed by atoms with Crippen LogP contribution in [0.1, 0.15) is 155 Å². The molecule has 0 spiro atoms. The van der Waals surface area contributed by atoms with Gasteiger partial charge < -0.3 is 29.1 Å². The maximum Gasteiger partial charge on any atom is 0.472 e. The van der Waals surface area contributed by atoms with Crippen molar-refractivity contribution in [1.82, 2.24) is 0 Å². The number of likely N-dealkylation sites (N-methyl/N-ethyl adjacent to an activating group) is 1. The molecule has 0 heterocycles. The summed E-state index contributed by atoms with van der Waals surface area (Å²) in [7, 11) is 1.31. The van der Waals surface area contributed by atoms with E-state index >= 15 is 0 Å². The molecule has 0 amide bonds. The van der Waals surface area contributed by atoms with E-state index in [0.29, 0.717) is 23.9 Å². The third-order valence-corrected chi connectivity index (χ3v) is 10.2. The largest absolute Gasteiger partial charge is 0.472 e. The van der Waals surface area contributed by atoms with Gasteiger partial charge in [-0.1, -0.05) is 126 Å². The third-order valence-electron chi connectivity index (χ3n) is 9.23. The summed E-state index contributed by atoms with van der Waals surface area (Å²) in [5, 5.41) is 20.7. The van der Waals surface area contributed by atoms with Crippen LogP contribution in [-0.2, 0) is 32.7 Å². The molecule has 0 aromatic rings. The predicted molar refractivity (Wildman–Crippen MR) is 236 cm³/mol. The highest BCUT2D eigenvalue weighted by Crippen LogP contribution is 2.43. The predicted octanol–water partition coefficient (Wildman–Crippen LogP) is 10.4. The SMILES string of the molecule is CC/C=C\C/C=C\C/C=C\C/C=C\C[C@H](O)[C@@H](O)CCCC(=O)OC[C@H](COP(=O)(O)OCC[N+](C)(C)C)OC(=O)CCCCCCCCC/C=C\CCCCCC. The number of aliphatic hydroxyl groups is 2. The fourth-order valence-electron chi connectivity index (χ4n) is 5.62. The zero-order valence-electron chi connectivity index (χ0n) is 37.0. The Bertz CT molecular complexity index is 1210. The number of hydrogen-bond donors (Lipinski definition) is 3. The number of quaternary nitrogens is 1. The summed E-state index contributed by atoms with van der Waals surface area (Å²) in [5.41, 5.74) is 0. The first kappa shape index (κ1) is 55.6. The Morgan fingerprint density at radius 1 is 0.621 bits per heavy atom. The second-order valence-corrected chi connectivity index (χ2v) is 17.5. The van der Waals surface area contributed by atoms with E-state index < -0.39 is 44.7 Å². The van der Waals surface area contributed by atoms with Crippen LogP contribution in [0.25, 0.3) is 0 Å². The molecule has 12 heteroatoms. The van der Waals surface area contributed by atoms with Gasteiger partial charge in [-0.2, -0.15) is 0 Å². The maximum absolute atomic E-state index is 12.7. The molecule has 0 saturated carbocycles. The quantitative estimate of drug-likeness (QED) is 0.0180. The molecule has 0 aromatic carbocycles. The van der Waals surface area contributed by atoms with Gasteiger partial charge in [-0.3, -0.25) is 18.6 Å². The molecule has 0 aliphatic rings. The molecule has 0 aliphatic heterocycles. The second kappa shape index (κ2) is 37.6. The van der Waals surface area contributed by atoms with Gasteiger partial charge >= 0.3 is 19.8 Å². The molecular weight excluding hydrogens is 757 g/mol. The minimum atomic E-state index is -4.45. The van der Waals surface area contributed by atoms with E-state index in [0.717, 1.165) is 51.4 Å². The van der Waals surface area contributed by atoms with E-state index in [1.807, 2.05) is 33.3 Å². The van der Waals surface area contributed by atoms with Crippen LogP contribution >= 0.6 is 7.82 Å². The van der Waals surface area contributed by atoms with Crippen LogP contribution in [0.3, 0.4) is 0 Å². The van der Waals surface area contributed by atoms with Crippen molar-refractivity contribution in [2.24, 2.45) is 0 Å². The van der Waals surface area contributed by atoms with Crippen molar-refractivity contribution < 1.29 is 52.3 Å². The van der Waals surface area contributed by atoms with Crippen LogP contribution in [0.5, 0.6) is 0 Å². The molecule has 0 aromatic heterocycles. The van der Waals surface area contributed by atoms with Gasteiger partial charge in [0.25, 0.3) is 0 Å². The fourth-order valence-corrected chi connectivity index (χ4v) is 6.37. The summed E-state index contributed by atoms with van der Waals surface area (Å²) in [6.45, 7) is 3.94. The van der Waals surface area contributed by atoms with Crippen molar-refractivity contribution in [2.45, 2.75) is 173 Å². The van der Waals surface area contributed by atoms with Crippen molar-refractivity contribution in [2.75, 3.05) is 47.5 Å². The maximum atomic E-state index is 12.7. The topological polar surface area (TPSA) is 149 Å². The van der Waals surface area contributed by atoms with Gasteiger partial charge in [0.15, 0.2) is 6.10 Å². The summed E-state index contributed by atoms with van der Waals surface area (Å²) < 4.78 is 34.1. The standard InChI is InChI=1S/C46H82NO10P/c1-6-8-10-12-14-16-18-20-21-22-24-26-28-30-32-36-46(51)57-42(41-56-58(52,53)55-39-38-47(3,4)5)40-54-45(50)37-33-35-44(49)43(48)34-31-29-27-25-23-19-17-15-13-11-9-7-2/h9,11,15-18,23,25,29,31,42-44,48-49H,6-8,10,12-14,19-22,24,26-28,30,32-41H2,1-5H3/p+1/b11-9-,17-15-,18-16-,25-23-,31-29-/t42-,43+,44+/m1/s1. The van der Waals surface area contributed by atoms with Gasteiger partial charge in [0.2, 0.25) is 0 Å². The van der Waals surface area contributed by atoms with Gasteiger partial charge in [0.05, 0.1) is 40.0 Å². The highest BCUT2D eigenvalue weighted by atomic mass is 31.2. The number of carbonyl (C=O) groups is 2. The van der Waals surface area contributed by atoms with Crippen molar-refractivity contribution in [3.8, 4) is 0 Å². The zero-order valence-corrected chi connectivity index (χ0v) is 37.9.